The fourth-order valence-electron chi connectivity index (χ4n) is 5.20. The van der Waals surface area contributed by atoms with Crippen LogP contribution in [0.2, 0.25) is 0 Å². The molecule has 1 N–H and O–H groups in total. The zero-order valence-corrected chi connectivity index (χ0v) is 22.8. The summed E-state index contributed by atoms with van der Waals surface area (Å²) in [6.45, 7) is -0.449. The molecule has 0 spiro atoms. The Hall–Kier alpha value is -4.30. The average Bonchev–Trinajstić information content (AvgIpc) is 3.40. The first kappa shape index (κ1) is 27.8. The van der Waals surface area contributed by atoms with Crippen molar-refractivity contribution in [2.24, 2.45) is 5.92 Å². The molecular weight excluding hydrogens is 596 g/mol. The van der Waals surface area contributed by atoms with E-state index in [1.807, 2.05) is 0 Å². The molecule has 3 amide bonds. The van der Waals surface area contributed by atoms with Crippen LogP contribution >= 0.6 is 23.1 Å². The van der Waals surface area contributed by atoms with Crippen molar-refractivity contribution in [1.82, 2.24) is 9.55 Å². The number of benzene rings is 2. The summed E-state index contributed by atoms with van der Waals surface area (Å²) in [5.41, 5.74) is -0.905. The maximum atomic E-state index is 13.9. The second-order valence-corrected chi connectivity index (χ2v) is 11.7. The zero-order valence-electron chi connectivity index (χ0n) is 21.2. The summed E-state index contributed by atoms with van der Waals surface area (Å²) in [7, 11) is 0. The molecule has 14 heteroatoms. The highest BCUT2D eigenvalue weighted by molar-refractivity contribution is 8.00. The minimum absolute atomic E-state index is 0.265. The van der Waals surface area contributed by atoms with Crippen LogP contribution in [0.15, 0.2) is 82.9 Å². The Morgan fingerprint density at radius 2 is 1.71 bits per heavy atom. The summed E-state index contributed by atoms with van der Waals surface area (Å²) in [6.07, 6.45) is -1.85. The Kier molecular flexibility index (Phi) is 6.97. The van der Waals surface area contributed by atoms with E-state index in [-0.39, 0.29) is 5.03 Å². The van der Waals surface area contributed by atoms with Crippen molar-refractivity contribution in [1.29, 1.82) is 0 Å². The molecule has 214 valence electrons. The smallest absolute Gasteiger partial charge is 0.325 e. The van der Waals surface area contributed by atoms with Crippen LogP contribution < -0.4 is 15.1 Å². The number of aromatic nitrogens is 2. The van der Waals surface area contributed by atoms with E-state index in [0.717, 1.165) is 47.4 Å². The van der Waals surface area contributed by atoms with Gasteiger partial charge in [-0.15, -0.1) is 0 Å². The van der Waals surface area contributed by atoms with E-state index >= 15 is 0 Å². The maximum absolute atomic E-state index is 13.9. The molecule has 0 bridgehead atoms. The third-order valence-corrected chi connectivity index (χ3v) is 9.58. The van der Waals surface area contributed by atoms with Crippen LogP contribution in [0.25, 0.3) is 0 Å². The lowest BCUT2D eigenvalue weighted by Gasteiger charge is -2.30. The van der Waals surface area contributed by atoms with Crippen LogP contribution in [0.5, 0.6) is 0 Å². The number of nitrogens with one attached hydrogen (secondary N) is 1. The van der Waals surface area contributed by atoms with E-state index < -0.39 is 69.5 Å². The first-order chi connectivity index (χ1) is 20.0. The molecule has 2 aliphatic rings. The molecule has 0 saturated carbocycles. The van der Waals surface area contributed by atoms with Crippen molar-refractivity contribution in [3.63, 3.8) is 0 Å². The minimum atomic E-state index is -4.82. The predicted molar refractivity (Wildman–Crippen MR) is 147 cm³/mol. The van der Waals surface area contributed by atoms with Crippen molar-refractivity contribution in [2.45, 2.75) is 28.9 Å². The number of anilines is 2. The van der Waals surface area contributed by atoms with Crippen molar-refractivity contribution in [3.8, 4) is 0 Å². The van der Waals surface area contributed by atoms with Crippen molar-refractivity contribution < 1.29 is 31.9 Å². The van der Waals surface area contributed by atoms with Gasteiger partial charge >= 0.3 is 11.0 Å². The monoisotopic (exact) mass is 614 g/mol. The highest BCUT2D eigenvalue weighted by atomic mass is 32.2. The SMILES string of the molecule is O=C(Cn1c2c(sc1=O)[C@@H](c1cccnc1)[C@@H]1C(=O)N(c3ccccc3C(F)(F)F)C(=O)[C@@H]1S2)Nc1ccc(F)cc1. The second kappa shape index (κ2) is 10.5. The lowest BCUT2D eigenvalue weighted by Crippen LogP contribution is -2.33. The normalized spacial score (nSPS) is 19.9. The number of rotatable bonds is 5. The topological polar surface area (TPSA) is 101 Å². The number of para-hydroxylation sites is 1. The van der Waals surface area contributed by atoms with Gasteiger partial charge in [0.1, 0.15) is 17.6 Å². The zero-order chi connectivity index (χ0) is 29.8. The lowest BCUT2D eigenvalue weighted by atomic mass is 9.84. The number of hydrogen-bond acceptors (Lipinski definition) is 7. The van der Waals surface area contributed by atoms with Gasteiger partial charge in [0.25, 0.3) is 0 Å². The third-order valence-electron chi connectivity index (χ3n) is 6.97. The fourth-order valence-corrected chi connectivity index (χ4v) is 7.97. The Labute approximate surface area is 243 Å². The Bertz CT molecular complexity index is 1770. The number of imide groups is 1. The molecule has 4 aromatic rings. The number of hydrogen-bond donors (Lipinski definition) is 1. The van der Waals surface area contributed by atoms with Gasteiger partial charge in [0.2, 0.25) is 17.7 Å². The molecule has 6 rings (SSSR count). The van der Waals surface area contributed by atoms with Gasteiger partial charge in [-0.05, 0) is 48.0 Å². The van der Waals surface area contributed by atoms with E-state index in [0.29, 0.717) is 21.0 Å². The number of thioether (sulfide) groups is 1. The number of pyridine rings is 1. The van der Waals surface area contributed by atoms with Crippen molar-refractivity contribution in [2.75, 3.05) is 10.2 Å². The molecule has 1 fully saturated rings. The molecule has 42 heavy (non-hydrogen) atoms. The second-order valence-electron chi connectivity index (χ2n) is 9.53. The number of nitrogens with zero attached hydrogens (tertiary/aromatic N) is 3. The van der Waals surface area contributed by atoms with Gasteiger partial charge < -0.3 is 5.32 Å². The van der Waals surface area contributed by atoms with Gasteiger partial charge in [-0.25, -0.2) is 9.29 Å². The molecule has 3 atom stereocenters. The van der Waals surface area contributed by atoms with Crippen LogP contribution in [0.4, 0.5) is 28.9 Å². The van der Waals surface area contributed by atoms with Gasteiger partial charge in [-0.3, -0.25) is 28.7 Å². The van der Waals surface area contributed by atoms with Crippen LogP contribution in [0.1, 0.15) is 21.9 Å². The van der Waals surface area contributed by atoms with E-state index in [2.05, 4.69) is 10.3 Å². The quantitative estimate of drug-likeness (QED) is 0.254. The minimum Gasteiger partial charge on any atom is -0.325 e. The summed E-state index contributed by atoms with van der Waals surface area (Å²) in [6, 6.07) is 12.7. The molecule has 2 aromatic heterocycles. The molecule has 0 aliphatic carbocycles. The number of halogens is 4. The number of carbonyl (C=O) groups excluding carboxylic acids is 3. The molecule has 1 saturated heterocycles. The predicted octanol–water partition coefficient (Wildman–Crippen LogP) is 4.90. The Balaban J connectivity index is 1.41. The molecule has 2 aliphatic heterocycles. The lowest BCUT2D eigenvalue weighted by molar-refractivity contribution is -0.137. The standard InChI is InChI=1S/C28H18F4N4O4S2/c29-15-7-9-16(10-8-15)34-19(37)13-35-26-23(42-27(35)40)20(14-4-3-11-33-12-14)21-22(41-26)25(39)36(24(21)38)18-6-2-1-5-17(18)28(30,31)32/h1-12,20-22H,13H2,(H,34,37)/t20-,21-,22+/m0/s1. The molecule has 0 unspecified atom stereocenters. The van der Waals surface area contributed by atoms with Gasteiger partial charge in [0.05, 0.1) is 22.2 Å². The van der Waals surface area contributed by atoms with Crippen LogP contribution in [-0.4, -0.2) is 32.5 Å². The van der Waals surface area contributed by atoms with Gasteiger partial charge in [0.15, 0.2) is 0 Å². The molecular formula is C28H18F4N4O4S2. The van der Waals surface area contributed by atoms with E-state index in [4.69, 9.17) is 0 Å². The van der Waals surface area contributed by atoms with Crippen molar-refractivity contribution in [3.05, 3.63) is 105 Å². The summed E-state index contributed by atoms with van der Waals surface area (Å²) >= 11 is 1.67. The third kappa shape index (κ3) is 4.79. The number of carbonyl (C=O) groups is 3. The number of fused-ring (bicyclic) bond motifs is 2. The first-order valence-electron chi connectivity index (χ1n) is 12.4. The first-order valence-corrected chi connectivity index (χ1v) is 14.1. The molecule has 8 nitrogen and oxygen atoms in total. The highest BCUT2D eigenvalue weighted by Crippen LogP contribution is 2.54. The summed E-state index contributed by atoms with van der Waals surface area (Å²) in [5, 5.41) is 1.68. The van der Waals surface area contributed by atoms with Crippen LogP contribution in [0, 0.1) is 11.7 Å². The summed E-state index contributed by atoms with van der Waals surface area (Å²) in [4.78, 5) is 58.2. The van der Waals surface area contributed by atoms with E-state index in [1.54, 1.807) is 12.1 Å². The largest absolute Gasteiger partial charge is 0.418 e. The van der Waals surface area contributed by atoms with Gasteiger partial charge in [-0.2, -0.15) is 13.2 Å². The number of amides is 3. The Morgan fingerprint density at radius 1 is 0.976 bits per heavy atom. The maximum Gasteiger partial charge on any atom is 0.418 e. The van der Waals surface area contributed by atoms with Crippen LogP contribution in [0.3, 0.4) is 0 Å². The fraction of sp³-hybridized carbons (Fsp3) is 0.179. The Morgan fingerprint density at radius 3 is 2.40 bits per heavy atom. The average molecular weight is 615 g/mol. The summed E-state index contributed by atoms with van der Waals surface area (Å²) < 4.78 is 56.0. The summed E-state index contributed by atoms with van der Waals surface area (Å²) in [5.74, 6) is -4.77. The molecule has 4 heterocycles. The van der Waals surface area contributed by atoms with Gasteiger partial charge in [0, 0.05) is 28.9 Å². The van der Waals surface area contributed by atoms with Crippen molar-refractivity contribution >= 4 is 52.2 Å². The number of thiazole rings is 1. The van der Waals surface area contributed by atoms with Gasteiger partial charge in [-0.1, -0.05) is 41.3 Å². The van der Waals surface area contributed by atoms with E-state index in [1.165, 1.54) is 41.2 Å². The molecule has 0 radical (unpaired) electrons. The van der Waals surface area contributed by atoms with E-state index in [9.17, 15) is 36.7 Å². The highest BCUT2D eigenvalue weighted by Gasteiger charge is 2.57. The van der Waals surface area contributed by atoms with Crippen LogP contribution in [-0.2, 0) is 27.1 Å². The number of alkyl halides is 3. The molecule has 2 aromatic carbocycles.